The van der Waals surface area contributed by atoms with Gasteiger partial charge in [0.25, 0.3) is 0 Å². The molecular weight excluding hydrogens is 348 g/mol. The quantitative estimate of drug-likeness (QED) is 0.697. The smallest absolute Gasteiger partial charge is 0.317 e. The number of nitrogens with zero attached hydrogens (tertiary/aromatic N) is 4. The number of hydrogen-bond donors (Lipinski definition) is 2. The lowest BCUT2D eigenvalue weighted by Crippen LogP contribution is -2.42. The molecule has 1 fully saturated rings. The SMILES string of the molecule is CN(Cc1ccc2nonc2c1)C(=O)NCCCN1CCC[C@H](C(N)=O)C1. The second kappa shape index (κ2) is 8.81. The van der Waals surface area contributed by atoms with Gasteiger partial charge in [0.05, 0.1) is 5.92 Å². The van der Waals surface area contributed by atoms with Gasteiger partial charge in [-0.25, -0.2) is 9.42 Å². The summed E-state index contributed by atoms with van der Waals surface area (Å²) in [6, 6.07) is 5.47. The molecule has 0 unspecified atom stereocenters. The first-order valence-corrected chi connectivity index (χ1v) is 9.25. The number of carbonyl (C=O) groups is 2. The zero-order chi connectivity index (χ0) is 19.2. The van der Waals surface area contributed by atoms with Gasteiger partial charge in [-0.05, 0) is 60.4 Å². The van der Waals surface area contributed by atoms with Crippen LogP contribution in [0.5, 0.6) is 0 Å². The van der Waals surface area contributed by atoms with Crippen molar-refractivity contribution in [1.82, 2.24) is 25.4 Å². The number of hydrogen-bond acceptors (Lipinski definition) is 6. The van der Waals surface area contributed by atoms with E-state index in [1.165, 1.54) is 0 Å². The van der Waals surface area contributed by atoms with Crippen molar-refractivity contribution >= 4 is 23.0 Å². The summed E-state index contributed by atoms with van der Waals surface area (Å²) in [5.74, 6) is -0.258. The molecule has 1 aliphatic heterocycles. The third kappa shape index (κ3) is 5.16. The molecule has 1 atom stereocenters. The first-order valence-electron chi connectivity index (χ1n) is 9.25. The van der Waals surface area contributed by atoms with Crippen molar-refractivity contribution in [2.24, 2.45) is 11.7 Å². The molecule has 27 heavy (non-hydrogen) atoms. The summed E-state index contributed by atoms with van der Waals surface area (Å²) in [5, 5.41) is 10.5. The first-order chi connectivity index (χ1) is 13.0. The van der Waals surface area contributed by atoms with Gasteiger partial charge in [-0.2, -0.15) is 0 Å². The van der Waals surface area contributed by atoms with Crippen molar-refractivity contribution in [3.05, 3.63) is 23.8 Å². The van der Waals surface area contributed by atoms with Crippen molar-refractivity contribution in [2.45, 2.75) is 25.8 Å². The number of nitrogens with one attached hydrogen (secondary N) is 1. The topological polar surface area (TPSA) is 118 Å². The van der Waals surface area contributed by atoms with Crippen LogP contribution in [-0.2, 0) is 11.3 Å². The maximum atomic E-state index is 12.2. The molecule has 1 aliphatic rings. The van der Waals surface area contributed by atoms with Crippen LogP contribution in [0.25, 0.3) is 11.0 Å². The molecule has 9 heteroatoms. The summed E-state index contributed by atoms with van der Waals surface area (Å²) in [6.07, 6.45) is 2.71. The van der Waals surface area contributed by atoms with Crippen molar-refractivity contribution in [3.63, 3.8) is 0 Å². The first kappa shape index (κ1) is 19.1. The zero-order valence-electron chi connectivity index (χ0n) is 15.6. The Kier molecular flexibility index (Phi) is 6.23. The van der Waals surface area contributed by atoms with Crippen LogP contribution in [0.3, 0.4) is 0 Å². The number of nitrogens with two attached hydrogens (primary N) is 1. The minimum Gasteiger partial charge on any atom is -0.369 e. The minimum atomic E-state index is -0.214. The summed E-state index contributed by atoms with van der Waals surface area (Å²) < 4.78 is 4.68. The Hall–Kier alpha value is -2.68. The Bertz CT molecular complexity index is 792. The highest BCUT2D eigenvalue weighted by atomic mass is 16.6. The molecule has 1 aromatic heterocycles. The summed E-state index contributed by atoms with van der Waals surface area (Å²) >= 11 is 0. The number of benzene rings is 1. The largest absolute Gasteiger partial charge is 0.369 e. The van der Waals surface area contributed by atoms with Gasteiger partial charge in [-0.15, -0.1) is 0 Å². The lowest BCUT2D eigenvalue weighted by Gasteiger charge is -2.31. The molecule has 0 bridgehead atoms. The number of fused-ring (bicyclic) bond motifs is 1. The van der Waals surface area contributed by atoms with Crippen LogP contribution in [0.2, 0.25) is 0 Å². The molecule has 9 nitrogen and oxygen atoms in total. The summed E-state index contributed by atoms with van der Waals surface area (Å²) in [4.78, 5) is 27.4. The van der Waals surface area contributed by atoms with Gasteiger partial charge in [-0.3, -0.25) is 4.79 Å². The molecule has 1 aromatic carbocycles. The number of piperidine rings is 1. The van der Waals surface area contributed by atoms with Crippen LogP contribution in [0, 0.1) is 5.92 Å². The number of likely N-dealkylation sites (tertiary alicyclic amines) is 1. The second-order valence-corrected chi connectivity index (χ2v) is 7.07. The summed E-state index contributed by atoms with van der Waals surface area (Å²) in [6.45, 7) is 3.62. The highest BCUT2D eigenvalue weighted by molar-refractivity contribution is 5.77. The van der Waals surface area contributed by atoms with Gasteiger partial charge in [0.1, 0.15) is 11.0 Å². The van der Waals surface area contributed by atoms with Crippen LogP contribution in [0.4, 0.5) is 4.79 Å². The highest BCUT2D eigenvalue weighted by Crippen LogP contribution is 2.16. The standard InChI is InChI=1S/C18H26N6O3/c1-23(11-13-5-6-15-16(10-13)22-27-21-15)18(26)20-7-3-9-24-8-2-4-14(12-24)17(19)25/h5-6,10,14H,2-4,7-9,11-12H2,1H3,(H2,19,25)(H,20,26)/t14-/m0/s1. The Balaban J connectivity index is 1.37. The minimum absolute atomic E-state index is 0.0447. The van der Waals surface area contributed by atoms with Gasteiger partial charge in [0, 0.05) is 26.7 Å². The van der Waals surface area contributed by atoms with Gasteiger partial charge in [-0.1, -0.05) is 6.07 Å². The number of primary amides is 1. The average molecular weight is 374 g/mol. The summed E-state index contributed by atoms with van der Waals surface area (Å²) in [7, 11) is 1.75. The maximum absolute atomic E-state index is 12.2. The van der Waals surface area contributed by atoms with E-state index in [9.17, 15) is 9.59 Å². The molecule has 0 saturated carbocycles. The van der Waals surface area contributed by atoms with Crippen LogP contribution in [0.1, 0.15) is 24.8 Å². The Labute approximate surface area is 157 Å². The molecule has 0 spiro atoms. The van der Waals surface area contributed by atoms with E-state index in [1.807, 2.05) is 18.2 Å². The van der Waals surface area contributed by atoms with E-state index in [2.05, 4.69) is 25.2 Å². The van der Waals surface area contributed by atoms with E-state index in [0.29, 0.717) is 24.1 Å². The molecule has 3 amide bonds. The Morgan fingerprint density at radius 2 is 2.19 bits per heavy atom. The fourth-order valence-corrected chi connectivity index (χ4v) is 3.40. The third-order valence-corrected chi connectivity index (χ3v) is 4.92. The van der Waals surface area contributed by atoms with E-state index in [1.54, 1.807) is 11.9 Å². The molecule has 2 aromatic rings. The lowest BCUT2D eigenvalue weighted by atomic mass is 9.97. The molecule has 146 valence electrons. The van der Waals surface area contributed by atoms with E-state index in [4.69, 9.17) is 5.73 Å². The van der Waals surface area contributed by atoms with Crippen molar-refractivity contribution < 1.29 is 14.2 Å². The van der Waals surface area contributed by atoms with Crippen molar-refractivity contribution in [2.75, 3.05) is 33.2 Å². The van der Waals surface area contributed by atoms with Gasteiger partial charge >= 0.3 is 6.03 Å². The van der Waals surface area contributed by atoms with Crippen LogP contribution in [-0.4, -0.2) is 65.3 Å². The number of urea groups is 1. The van der Waals surface area contributed by atoms with Gasteiger partial charge in [0.15, 0.2) is 0 Å². The van der Waals surface area contributed by atoms with Crippen molar-refractivity contribution in [3.8, 4) is 0 Å². The number of rotatable bonds is 7. The fraction of sp³-hybridized carbons (Fsp3) is 0.556. The molecule has 1 saturated heterocycles. The molecule has 2 heterocycles. The Morgan fingerprint density at radius 3 is 3.00 bits per heavy atom. The molecule has 3 N–H and O–H groups in total. The second-order valence-electron chi connectivity index (χ2n) is 7.07. The normalized spacial score (nSPS) is 17.7. The molecular formula is C18H26N6O3. The third-order valence-electron chi connectivity index (χ3n) is 4.92. The maximum Gasteiger partial charge on any atom is 0.317 e. The summed E-state index contributed by atoms with van der Waals surface area (Å²) in [5.41, 5.74) is 7.74. The highest BCUT2D eigenvalue weighted by Gasteiger charge is 2.23. The number of aromatic nitrogens is 2. The monoisotopic (exact) mass is 374 g/mol. The van der Waals surface area contributed by atoms with Gasteiger partial charge in [0.2, 0.25) is 5.91 Å². The predicted molar refractivity (Wildman–Crippen MR) is 99.6 cm³/mol. The van der Waals surface area contributed by atoms with E-state index in [-0.39, 0.29) is 17.9 Å². The van der Waals surface area contributed by atoms with Gasteiger partial charge < -0.3 is 20.9 Å². The molecule has 3 rings (SSSR count). The number of amides is 3. The Morgan fingerprint density at radius 1 is 1.37 bits per heavy atom. The van der Waals surface area contributed by atoms with Crippen LogP contribution >= 0.6 is 0 Å². The molecule has 0 aliphatic carbocycles. The van der Waals surface area contributed by atoms with E-state index < -0.39 is 0 Å². The number of carbonyl (C=O) groups excluding carboxylic acids is 2. The van der Waals surface area contributed by atoms with Crippen LogP contribution in [0.15, 0.2) is 22.8 Å². The average Bonchev–Trinajstić information content (AvgIpc) is 3.13. The lowest BCUT2D eigenvalue weighted by molar-refractivity contribution is -0.123. The zero-order valence-corrected chi connectivity index (χ0v) is 15.6. The van der Waals surface area contributed by atoms with Crippen LogP contribution < -0.4 is 11.1 Å². The predicted octanol–water partition coefficient (Wildman–Crippen LogP) is 0.952. The molecule has 0 radical (unpaired) electrons. The van der Waals surface area contributed by atoms with E-state index >= 15 is 0 Å². The van der Waals surface area contributed by atoms with E-state index in [0.717, 1.165) is 44.5 Å². The van der Waals surface area contributed by atoms with Crippen molar-refractivity contribution in [1.29, 1.82) is 0 Å². The fourth-order valence-electron chi connectivity index (χ4n) is 3.40.